The molecule has 1 saturated heterocycles. The number of fused-ring (bicyclic) bond motifs is 1. The van der Waals surface area contributed by atoms with Gasteiger partial charge in [0.15, 0.2) is 11.4 Å². The molecule has 1 aliphatic heterocycles. The number of halogens is 4. The van der Waals surface area contributed by atoms with E-state index in [4.69, 9.17) is 20.9 Å². The van der Waals surface area contributed by atoms with Gasteiger partial charge in [-0.2, -0.15) is 13.2 Å². The van der Waals surface area contributed by atoms with Crippen LogP contribution in [0.5, 0.6) is 0 Å². The number of hydroxylamine groups is 2. The summed E-state index contributed by atoms with van der Waals surface area (Å²) in [6, 6.07) is 7.76. The Kier molecular flexibility index (Phi) is 7.67. The third kappa shape index (κ3) is 6.25. The van der Waals surface area contributed by atoms with Crippen LogP contribution in [0, 0.1) is 0 Å². The molecule has 1 aliphatic rings. The molecule has 0 radical (unpaired) electrons. The number of oxazole rings is 1. The highest BCUT2D eigenvalue weighted by atomic mass is 35.5. The lowest BCUT2D eigenvalue weighted by Crippen LogP contribution is -2.52. The first-order valence-electron chi connectivity index (χ1n) is 11.0. The van der Waals surface area contributed by atoms with Gasteiger partial charge in [-0.05, 0) is 42.3 Å². The number of carbonyl (C=O) groups is 2. The van der Waals surface area contributed by atoms with Gasteiger partial charge in [-0.3, -0.25) is 9.78 Å². The quantitative estimate of drug-likeness (QED) is 0.400. The second-order valence-electron chi connectivity index (χ2n) is 8.23. The highest BCUT2D eigenvalue weighted by Gasteiger charge is 2.33. The highest BCUT2D eigenvalue weighted by Crippen LogP contribution is 2.35. The molecule has 0 bridgehead atoms. The number of amides is 1. The van der Waals surface area contributed by atoms with Gasteiger partial charge in [-0.25, -0.2) is 9.59 Å². The number of hydrogen-bond acceptors (Lipinski definition) is 7. The van der Waals surface area contributed by atoms with Gasteiger partial charge in [0, 0.05) is 38.2 Å². The molecule has 0 saturated carbocycles. The minimum absolute atomic E-state index is 0.152. The molecule has 1 atom stereocenters. The van der Waals surface area contributed by atoms with Gasteiger partial charge < -0.3 is 19.9 Å². The summed E-state index contributed by atoms with van der Waals surface area (Å²) in [5.74, 6) is -0.773. The summed E-state index contributed by atoms with van der Waals surface area (Å²) < 4.78 is 44.1. The topological polar surface area (TPSA) is 117 Å². The van der Waals surface area contributed by atoms with E-state index in [1.165, 1.54) is 17.2 Å². The lowest BCUT2D eigenvalue weighted by atomic mass is 10.0. The number of aromatic amines is 1. The average Bonchev–Trinajstić information content (AvgIpc) is 3.21. The summed E-state index contributed by atoms with van der Waals surface area (Å²) in [5, 5.41) is 6.64. The van der Waals surface area contributed by atoms with Crippen molar-refractivity contribution in [2.75, 3.05) is 19.6 Å². The predicted octanol–water partition coefficient (Wildman–Crippen LogP) is 3.87. The van der Waals surface area contributed by atoms with Crippen molar-refractivity contribution in [2.45, 2.75) is 31.6 Å². The number of H-pyrrole nitrogens is 1. The lowest BCUT2D eigenvalue weighted by molar-refractivity contribution is -0.141. The van der Waals surface area contributed by atoms with Crippen LogP contribution in [-0.2, 0) is 17.6 Å². The molecular formula is C23H22ClF3N4O5. The van der Waals surface area contributed by atoms with Gasteiger partial charge in [0.25, 0.3) is 0 Å². The summed E-state index contributed by atoms with van der Waals surface area (Å²) in [4.78, 5) is 44.2. The second kappa shape index (κ2) is 10.7. The molecule has 1 fully saturated rings. The number of ketones is 1. The van der Waals surface area contributed by atoms with Crippen molar-refractivity contribution in [2.24, 2.45) is 0 Å². The van der Waals surface area contributed by atoms with Gasteiger partial charge >= 0.3 is 18.0 Å². The molecule has 13 heteroatoms. The first-order valence-corrected chi connectivity index (χ1v) is 11.4. The van der Waals surface area contributed by atoms with Gasteiger partial charge in [0.1, 0.15) is 0 Å². The molecule has 1 amide bonds. The van der Waals surface area contributed by atoms with E-state index in [1.54, 1.807) is 12.1 Å². The van der Waals surface area contributed by atoms with E-state index in [2.05, 4.69) is 15.6 Å². The van der Waals surface area contributed by atoms with E-state index < -0.39 is 28.6 Å². The van der Waals surface area contributed by atoms with Crippen LogP contribution in [0.3, 0.4) is 0 Å². The Morgan fingerprint density at radius 2 is 2.03 bits per heavy atom. The van der Waals surface area contributed by atoms with Crippen LogP contribution in [0.4, 0.5) is 18.0 Å². The highest BCUT2D eigenvalue weighted by molar-refractivity contribution is 6.31. The zero-order valence-electron chi connectivity index (χ0n) is 18.8. The van der Waals surface area contributed by atoms with Crippen LogP contribution in [0.25, 0.3) is 11.1 Å². The molecule has 1 unspecified atom stereocenters. The summed E-state index contributed by atoms with van der Waals surface area (Å²) in [7, 11) is 0. The second-order valence-corrected chi connectivity index (χ2v) is 8.64. The van der Waals surface area contributed by atoms with Gasteiger partial charge in [-0.15, -0.1) is 5.06 Å². The van der Waals surface area contributed by atoms with Crippen molar-refractivity contribution in [1.29, 1.82) is 0 Å². The molecule has 3 N–H and O–H groups in total. The van der Waals surface area contributed by atoms with Gasteiger partial charge in [0.05, 0.1) is 22.1 Å². The third-order valence-corrected chi connectivity index (χ3v) is 6.05. The Hall–Kier alpha value is -3.35. The summed E-state index contributed by atoms with van der Waals surface area (Å²) in [5.41, 5.74) is 0.393. The Balaban J connectivity index is 1.31. The summed E-state index contributed by atoms with van der Waals surface area (Å²) >= 11 is 5.62. The van der Waals surface area contributed by atoms with Crippen molar-refractivity contribution in [3.8, 4) is 0 Å². The zero-order chi connectivity index (χ0) is 25.9. The number of piperazine rings is 1. The monoisotopic (exact) mass is 526 g/mol. The van der Waals surface area contributed by atoms with Crippen LogP contribution in [0.1, 0.15) is 34.3 Å². The fourth-order valence-electron chi connectivity index (χ4n) is 3.88. The molecule has 2 heterocycles. The number of aromatic nitrogens is 1. The van der Waals surface area contributed by atoms with E-state index in [9.17, 15) is 27.6 Å². The minimum atomic E-state index is -4.61. The summed E-state index contributed by atoms with van der Waals surface area (Å²) in [6.45, 7) is 1.20. The zero-order valence-corrected chi connectivity index (χ0v) is 19.5. The lowest BCUT2D eigenvalue weighted by Gasteiger charge is -2.34. The number of Topliss-reactive ketones (excluding diaryl/α,β-unsaturated/α-hetero) is 1. The van der Waals surface area contributed by atoms with E-state index in [0.29, 0.717) is 37.1 Å². The standard InChI is InChI=1S/C23H22ClF3N4O5/c24-17-4-1-13(9-16(17)23(25,26)27)11-29-21(33)36-31-8-7-28-12-15(31)3-6-19(32)14-2-5-18-20(10-14)35-22(34)30-18/h1-2,4-5,9-10,15,28H,3,6-8,11-12H2,(H,29,33)(H,30,34). The number of benzene rings is 2. The fourth-order valence-corrected chi connectivity index (χ4v) is 4.11. The molecule has 0 spiro atoms. The van der Waals surface area contributed by atoms with Gasteiger partial charge in [-0.1, -0.05) is 17.7 Å². The molecule has 2 aromatic carbocycles. The van der Waals surface area contributed by atoms with Crippen LogP contribution >= 0.6 is 11.6 Å². The molecule has 4 rings (SSSR count). The molecule has 9 nitrogen and oxygen atoms in total. The van der Waals surface area contributed by atoms with Crippen molar-refractivity contribution in [3.63, 3.8) is 0 Å². The Bertz CT molecular complexity index is 1320. The van der Waals surface area contributed by atoms with Gasteiger partial charge in [0.2, 0.25) is 0 Å². The van der Waals surface area contributed by atoms with E-state index in [0.717, 1.165) is 12.1 Å². The fraction of sp³-hybridized carbons (Fsp3) is 0.348. The van der Waals surface area contributed by atoms with E-state index in [1.807, 2.05) is 0 Å². The normalized spacial score (nSPS) is 16.7. The number of carbonyl (C=O) groups excluding carboxylic acids is 2. The maximum atomic E-state index is 13.0. The Morgan fingerprint density at radius 3 is 2.81 bits per heavy atom. The smallest absolute Gasteiger partial charge is 0.408 e. The maximum absolute atomic E-state index is 13.0. The number of alkyl halides is 3. The minimum Gasteiger partial charge on any atom is -0.408 e. The predicted molar refractivity (Wildman–Crippen MR) is 124 cm³/mol. The molecule has 36 heavy (non-hydrogen) atoms. The molecule has 0 aliphatic carbocycles. The molecule has 3 aromatic rings. The molecule has 1 aromatic heterocycles. The Labute approximate surface area is 207 Å². The number of nitrogens with zero attached hydrogens (tertiary/aromatic N) is 1. The van der Waals surface area contributed by atoms with Crippen LogP contribution in [0.15, 0.2) is 45.6 Å². The average molecular weight is 527 g/mol. The number of rotatable bonds is 7. The van der Waals surface area contributed by atoms with Crippen molar-refractivity contribution in [1.82, 2.24) is 20.7 Å². The van der Waals surface area contributed by atoms with Crippen molar-refractivity contribution in [3.05, 3.63) is 68.7 Å². The number of nitrogens with one attached hydrogen (secondary N) is 3. The van der Waals surface area contributed by atoms with Crippen molar-refractivity contribution >= 4 is 34.6 Å². The van der Waals surface area contributed by atoms with Crippen LogP contribution in [-0.4, -0.2) is 47.6 Å². The first-order chi connectivity index (χ1) is 17.1. The summed E-state index contributed by atoms with van der Waals surface area (Å²) in [6.07, 6.45) is -4.91. The molecule has 192 valence electrons. The van der Waals surface area contributed by atoms with Crippen LogP contribution < -0.4 is 16.4 Å². The van der Waals surface area contributed by atoms with Crippen molar-refractivity contribution < 1.29 is 32.0 Å². The molecular weight excluding hydrogens is 505 g/mol. The maximum Gasteiger partial charge on any atom is 0.426 e. The third-order valence-electron chi connectivity index (χ3n) is 5.72. The SMILES string of the molecule is O=C(NCc1ccc(Cl)c(C(F)(F)F)c1)ON1CCNCC1CCC(=O)c1ccc2[nH]c(=O)oc2c1. The van der Waals surface area contributed by atoms with E-state index >= 15 is 0 Å². The first kappa shape index (κ1) is 25.7. The van der Waals surface area contributed by atoms with E-state index in [-0.39, 0.29) is 35.9 Å². The number of hydrogen-bond donors (Lipinski definition) is 3. The van der Waals surface area contributed by atoms with Crippen LogP contribution in [0.2, 0.25) is 5.02 Å². The Morgan fingerprint density at radius 1 is 1.22 bits per heavy atom. The largest absolute Gasteiger partial charge is 0.426 e.